The molecule has 0 aromatic rings. The van der Waals surface area contributed by atoms with E-state index in [0.29, 0.717) is 6.42 Å². The van der Waals surface area contributed by atoms with Gasteiger partial charge in [0.05, 0.1) is 0 Å². The van der Waals surface area contributed by atoms with Gasteiger partial charge in [0.25, 0.3) is 0 Å². The van der Waals surface area contributed by atoms with Crippen LogP contribution in [0.4, 0.5) is 0 Å². The highest BCUT2D eigenvalue weighted by Crippen LogP contribution is 2.10. The Kier molecular flexibility index (Phi) is 3.34. The Balaban J connectivity index is 3.49. The van der Waals surface area contributed by atoms with Crippen LogP contribution in [0.5, 0.6) is 0 Å². The van der Waals surface area contributed by atoms with Gasteiger partial charge in [-0.15, -0.1) is 0 Å². The lowest BCUT2D eigenvalue weighted by atomic mass is 10.0. The SMILES string of the molecule is [C]#CC(C)(O)CCCC. The summed E-state index contributed by atoms with van der Waals surface area (Å²) in [4.78, 5) is 0. The summed E-state index contributed by atoms with van der Waals surface area (Å²) < 4.78 is 0. The highest BCUT2D eigenvalue weighted by molar-refractivity contribution is 4.99. The molecule has 0 aromatic heterocycles. The molecule has 0 saturated carbocycles. The fourth-order valence-electron chi connectivity index (χ4n) is 0.583. The quantitative estimate of drug-likeness (QED) is 0.567. The van der Waals surface area contributed by atoms with Crippen LogP contribution in [0.15, 0.2) is 0 Å². The van der Waals surface area contributed by atoms with Crippen molar-refractivity contribution in [2.75, 3.05) is 0 Å². The number of rotatable bonds is 3. The van der Waals surface area contributed by atoms with E-state index in [1.165, 1.54) is 0 Å². The lowest BCUT2D eigenvalue weighted by molar-refractivity contribution is 0.109. The smallest absolute Gasteiger partial charge is 0.123 e. The van der Waals surface area contributed by atoms with Crippen molar-refractivity contribution in [2.24, 2.45) is 0 Å². The van der Waals surface area contributed by atoms with Crippen LogP contribution in [0.25, 0.3) is 0 Å². The summed E-state index contributed by atoms with van der Waals surface area (Å²) in [6.45, 7) is 3.66. The first kappa shape index (κ1) is 8.52. The van der Waals surface area contributed by atoms with Gasteiger partial charge in [0.1, 0.15) is 5.60 Å². The van der Waals surface area contributed by atoms with Crippen molar-refractivity contribution < 1.29 is 5.11 Å². The summed E-state index contributed by atoms with van der Waals surface area (Å²) in [6.07, 6.45) is 9.34. The summed E-state index contributed by atoms with van der Waals surface area (Å²) >= 11 is 0. The first-order chi connectivity index (χ1) is 4.12. The summed E-state index contributed by atoms with van der Waals surface area (Å²) in [5.74, 6) is 2.08. The van der Waals surface area contributed by atoms with Crippen LogP contribution in [0, 0.1) is 12.3 Å². The topological polar surface area (TPSA) is 20.2 Å². The summed E-state index contributed by atoms with van der Waals surface area (Å²) in [5.41, 5.74) is -0.990. The third-order valence-corrected chi connectivity index (χ3v) is 1.29. The Morgan fingerprint density at radius 3 is 2.56 bits per heavy atom. The van der Waals surface area contributed by atoms with E-state index < -0.39 is 5.60 Å². The molecule has 1 nitrogen and oxygen atoms in total. The predicted octanol–water partition coefficient (Wildman–Crippen LogP) is 1.52. The minimum absolute atomic E-state index is 0.646. The molecule has 0 aliphatic heterocycles. The average Bonchev–Trinajstić information content (AvgIpc) is 1.84. The Morgan fingerprint density at radius 1 is 1.67 bits per heavy atom. The van der Waals surface area contributed by atoms with Gasteiger partial charge < -0.3 is 5.11 Å². The van der Waals surface area contributed by atoms with Gasteiger partial charge in [-0.1, -0.05) is 19.3 Å². The maximum atomic E-state index is 9.16. The van der Waals surface area contributed by atoms with Crippen molar-refractivity contribution in [2.45, 2.75) is 38.7 Å². The lowest BCUT2D eigenvalue weighted by Crippen LogP contribution is -2.20. The fourth-order valence-corrected chi connectivity index (χ4v) is 0.583. The Labute approximate surface area is 57.1 Å². The zero-order chi connectivity index (χ0) is 7.33. The van der Waals surface area contributed by atoms with E-state index >= 15 is 0 Å². The van der Waals surface area contributed by atoms with E-state index in [9.17, 15) is 0 Å². The van der Waals surface area contributed by atoms with Crippen LogP contribution in [0.1, 0.15) is 33.1 Å². The second-order valence-electron chi connectivity index (χ2n) is 2.50. The first-order valence-electron chi connectivity index (χ1n) is 3.28. The van der Waals surface area contributed by atoms with Gasteiger partial charge in [-0.05, 0) is 26.2 Å². The normalized spacial score (nSPS) is 16.2. The van der Waals surface area contributed by atoms with Gasteiger partial charge in [-0.2, -0.15) is 0 Å². The lowest BCUT2D eigenvalue weighted by Gasteiger charge is -2.13. The molecule has 0 rings (SSSR count). The molecular formula is C8H13O. The van der Waals surface area contributed by atoms with Crippen molar-refractivity contribution in [1.29, 1.82) is 0 Å². The van der Waals surface area contributed by atoms with E-state index in [0.717, 1.165) is 12.8 Å². The van der Waals surface area contributed by atoms with Crippen LogP contribution in [0.2, 0.25) is 0 Å². The Morgan fingerprint density at radius 2 is 2.22 bits per heavy atom. The monoisotopic (exact) mass is 125 g/mol. The predicted molar refractivity (Wildman–Crippen MR) is 37.3 cm³/mol. The molecule has 0 bridgehead atoms. The van der Waals surface area contributed by atoms with E-state index in [1.54, 1.807) is 6.92 Å². The molecule has 9 heavy (non-hydrogen) atoms. The van der Waals surface area contributed by atoms with Crippen LogP contribution in [-0.2, 0) is 0 Å². The highest BCUT2D eigenvalue weighted by Gasteiger charge is 2.14. The van der Waals surface area contributed by atoms with E-state index in [1.807, 2.05) is 0 Å². The van der Waals surface area contributed by atoms with Crippen LogP contribution in [-0.4, -0.2) is 10.7 Å². The summed E-state index contributed by atoms with van der Waals surface area (Å²) in [7, 11) is 0. The summed E-state index contributed by atoms with van der Waals surface area (Å²) in [6, 6.07) is 0. The number of aliphatic hydroxyl groups is 1. The molecule has 0 spiro atoms. The van der Waals surface area contributed by atoms with Crippen LogP contribution >= 0.6 is 0 Å². The van der Waals surface area contributed by atoms with Gasteiger partial charge in [0.2, 0.25) is 0 Å². The maximum absolute atomic E-state index is 9.16. The second-order valence-corrected chi connectivity index (χ2v) is 2.50. The summed E-state index contributed by atoms with van der Waals surface area (Å²) in [5, 5.41) is 9.16. The maximum Gasteiger partial charge on any atom is 0.123 e. The molecule has 1 heteroatoms. The zero-order valence-electron chi connectivity index (χ0n) is 6.07. The zero-order valence-corrected chi connectivity index (χ0v) is 6.07. The molecule has 51 valence electrons. The molecule has 0 amide bonds. The van der Waals surface area contributed by atoms with E-state index in [2.05, 4.69) is 12.8 Å². The largest absolute Gasteiger partial charge is 0.378 e. The van der Waals surface area contributed by atoms with Gasteiger partial charge in [-0.3, -0.25) is 0 Å². The molecule has 1 unspecified atom stereocenters. The molecule has 1 N–H and O–H groups in total. The minimum atomic E-state index is -0.990. The molecule has 1 radical (unpaired) electrons. The van der Waals surface area contributed by atoms with Crippen molar-refractivity contribution in [3.8, 4) is 5.92 Å². The molecular weight excluding hydrogens is 112 g/mol. The van der Waals surface area contributed by atoms with E-state index in [4.69, 9.17) is 11.5 Å². The van der Waals surface area contributed by atoms with Gasteiger partial charge >= 0.3 is 0 Å². The number of hydrogen-bond donors (Lipinski definition) is 1. The van der Waals surface area contributed by atoms with Gasteiger partial charge in [-0.25, -0.2) is 0 Å². The molecule has 0 aliphatic carbocycles. The van der Waals surface area contributed by atoms with Crippen LogP contribution in [0.3, 0.4) is 0 Å². The average molecular weight is 125 g/mol. The number of unbranched alkanes of at least 4 members (excludes halogenated alkanes) is 1. The number of hydrogen-bond acceptors (Lipinski definition) is 1. The van der Waals surface area contributed by atoms with E-state index in [-0.39, 0.29) is 0 Å². The second kappa shape index (κ2) is 3.53. The van der Waals surface area contributed by atoms with Gasteiger partial charge in [0, 0.05) is 0 Å². The fraction of sp³-hybridized carbons (Fsp3) is 0.750. The third-order valence-electron chi connectivity index (χ3n) is 1.29. The molecule has 1 atom stereocenters. The molecule has 0 fully saturated rings. The third kappa shape index (κ3) is 4.05. The Bertz CT molecular complexity index is 108. The van der Waals surface area contributed by atoms with Crippen LogP contribution < -0.4 is 0 Å². The highest BCUT2D eigenvalue weighted by atomic mass is 16.3. The molecule has 0 aromatic carbocycles. The van der Waals surface area contributed by atoms with Crippen molar-refractivity contribution in [1.82, 2.24) is 0 Å². The minimum Gasteiger partial charge on any atom is -0.378 e. The molecule has 0 saturated heterocycles. The van der Waals surface area contributed by atoms with Crippen molar-refractivity contribution in [3.05, 3.63) is 6.42 Å². The molecule has 0 aliphatic rings. The Hall–Kier alpha value is -0.480. The standard InChI is InChI=1S/C8H13O/c1-4-6-7-8(3,9)5-2/h9H,4,6-7H2,1,3H3. The van der Waals surface area contributed by atoms with Crippen molar-refractivity contribution in [3.63, 3.8) is 0 Å². The first-order valence-corrected chi connectivity index (χ1v) is 3.28. The van der Waals surface area contributed by atoms with Crippen molar-refractivity contribution >= 4 is 0 Å². The van der Waals surface area contributed by atoms with Gasteiger partial charge in [0.15, 0.2) is 0 Å². The molecule has 0 heterocycles.